The van der Waals surface area contributed by atoms with Crippen LogP contribution < -0.4 is 0 Å². The van der Waals surface area contributed by atoms with Crippen molar-refractivity contribution in [3.63, 3.8) is 0 Å². The van der Waals surface area contributed by atoms with E-state index in [4.69, 9.17) is 0 Å². The molecule has 0 spiro atoms. The van der Waals surface area contributed by atoms with Crippen LogP contribution in [0.25, 0.3) is 0 Å². The van der Waals surface area contributed by atoms with Gasteiger partial charge >= 0.3 is 0 Å². The molecule has 2 rings (SSSR count). The summed E-state index contributed by atoms with van der Waals surface area (Å²) in [5.41, 5.74) is 1.88. The zero-order valence-corrected chi connectivity index (χ0v) is 11.1. The number of carbonyl (C=O) groups is 1. The molecule has 0 saturated heterocycles. The topological polar surface area (TPSA) is 30.0 Å². The van der Waals surface area contributed by atoms with E-state index < -0.39 is 0 Å². The van der Waals surface area contributed by atoms with Gasteiger partial charge in [-0.1, -0.05) is 18.2 Å². The molecule has 0 aliphatic carbocycles. The van der Waals surface area contributed by atoms with E-state index in [1.807, 2.05) is 48.7 Å². The number of thioether (sulfide) groups is 1. The third kappa shape index (κ3) is 3.70. The molecule has 1 heterocycles. The van der Waals surface area contributed by atoms with Crippen molar-refractivity contribution in [1.82, 2.24) is 4.98 Å². The molecule has 18 heavy (non-hydrogen) atoms. The molecule has 0 atom stereocenters. The van der Waals surface area contributed by atoms with Gasteiger partial charge < -0.3 is 0 Å². The minimum atomic E-state index is 0.111. The first-order valence-corrected chi connectivity index (χ1v) is 6.88. The van der Waals surface area contributed by atoms with Crippen LogP contribution in [-0.2, 0) is 6.42 Å². The second kappa shape index (κ2) is 6.36. The van der Waals surface area contributed by atoms with Crippen LogP contribution in [0.3, 0.4) is 0 Å². The van der Waals surface area contributed by atoms with Gasteiger partial charge in [0.1, 0.15) is 0 Å². The number of benzene rings is 1. The Morgan fingerprint density at radius 3 is 2.56 bits per heavy atom. The van der Waals surface area contributed by atoms with E-state index in [0.717, 1.165) is 23.4 Å². The standard InChI is InChI=1S/C15H15NOS/c1-12(17)13-5-7-15(8-6-13)18-11-9-14-4-2-3-10-16-14/h2-8,10H,9,11H2,1H3. The zero-order valence-electron chi connectivity index (χ0n) is 10.3. The fourth-order valence-corrected chi connectivity index (χ4v) is 2.48. The predicted molar refractivity (Wildman–Crippen MR) is 75.1 cm³/mol. The van der Waals surface area contributed by atoms with Crippen molar-refractivity contribution in [2.75, 3.05) is 5.75 Å². The van der Waals surface area contributed by atoms with Crippen LogP contribution in [0.5, 0.6) is 0 Å². The number of aryl methyl sites for hydroxylation is 1. The highest BCUT2D eigenvalue weighted by atomic mass is 32.2. The Labute approximate surface area is 111 Å². The maximum absolute atomic E-state index is 11.1. The SMILES string of the molecule is CC(=O)c1ccc(SCCc2ccccn2)cc1. The Morgan fingerprint density at radius 2 is 1.94 bits per heavy atom. The number of hydrogen-bond acceptors (Lipinski definition) is 3. The molecule has 1 aromatic carbocycles. The third-order valence-corrected chi connectivity index (χ3v) is 3.63. The predicted octanol–water partition coefficient (Wildman–Crippen LogP) is 3.62. The van der Waals surface area contributed by atoms with Gasteiger partial charge in [0.05, 0.1) is 0 Å². The van der Waals surface area contributed by atoms with E-state index >= 15 is 0 Å². The van der Waals surface area contributed by atoms with Crippen LogP contribution in [0.4, 0.5) is 0 Å². The van der Waals surface area contributed by atoms with Gasteiger partial charge in [-0.3, -0.25) is 9.78 Å². The highest BCUT2D eigenvalue weighted by Gasteiger charge is 2.00. The lowest BCUT2D eigenvalue weighted by Gasteiger charge is -2.02. The molecular formula is C15H15NOS. The first-order chi connectivity index (χ1) is 8.75. The van der Waals surface area contributed by atoms with E-state index in [0.29, 0.717) is 0 Å². The van der Waals surface area contributed by atoms with Crippen LogP contribution in [0, 0.1) is 0 Å². The van der Waals surface area contributed by atoms with Crippen molar-refractivity contribution in [2.24, 2.45) is 0 Å². The van der Waals surface area contributed by atoms with Gasteiger partial charge in [-0.2, -0.15) is 0 Å². The summed E-state index contributed by atoms with van der Waals surface area (Å²) in [6.45, 7) is 1.59. The lowest BCUT2D eigenvalue weighted by Crippen LogP contribution is -1.92. The molecule has 3 heteroatoms. The van der Waals surface area contributed by atoms with Crippen molar-refractivity contribution in [1.29, 1.82) is 0 Å². The van der Waals surface area contributed by atoms with Crippen molar-refractivity contribution < 1.29 is 4.79 Å². The molecule has 0 N–H and O–H groups in total. The molecule has 0 radical (unpaired) electrons. The number of hydrogen-bond donors (Lipinski definition) is 0. The smallest absolute Gasteiger partial charge is 0.159 e. The van der Waals surface area contributed by atoms with Crippen molar-refractivity contribution in [3.05, 3.63) is 59.9 Å². The molecule has 2 aromatic rings. The molecule has 0 aliphatic rings. The Morgan fingerprint density at radius 1 is 1.17 bits per heavy atom. The third-order valence-electron chi connectivity index (χ3n) is 2.61. The molecule has 1 aromatic heterocycles. The van der Waals surface area contributed by atoms with E-state index in [-0.39, 0.29) is 5.78 Å². The van der Waals surface area contributed by atoms with Crippen molar-refractivity contribution in [3.8, 4) is 0 Å². The summed E-state index contributed by atoms with van der Waals surface area (Å²) < 4.78 is 0. The van der Waals surface area contributed by atoms with E-state index in [9.17, 15) is 4.79 Å². The van der Waals surface area contributed by atoms with E-state index in [1.165, 1.54) is 4.90 Å². The summed E-state index contributed by atoms with van der Waals surface area (Å²) in [4.78, 5) is 16.6. The lowest BCUT2D eigenvalue weighted by atomic mass is 10.2. The first kappa shape index (κ1) is 12.8. The number of carbonyl (C=O) groups excluding carboxylic acids is 1. The highest BCUT2D eigenvalue weighted by Crippen LogP contribution is 2.19. The maximum Gasteiger partial charge on any atom is 0.159 e. The van der Waals surface area contributed by atoms with Gasteiger partial charge in [0.25, 0.3) is 0 Å². The summed E-state index contributed by atoms with van der Waals surface area (Å²) in [7, 11) is 0. The summed E-state index contributed by atoms with van der Waals surface area (Å²) >= 11 is 1.78. The fraction of sp³-hybridized carbons (Fsp3) is 0.200. The molecule has 0 amide bonds. The Kier molecular flexibility index (Phi) is 4.53. The average Bonchev–Trinajstić information content (AvgIpc) is 2.40. The fourth-order valence-electron chi connectivity index (χ4n) is 1.61. The van der Waals surface area contributed by atoms with Crippen LogP contribution in [0.15, 0.2) is 53.6 Å². The Bertz CT molecular complexity index is 508. The quantitative estimate of drug-likeness (QED) is 0.605. The van der Waals surface area contributed by atoms with Crippen molar-refractivity contribution >= 4 is 17.5 Å². The monoisotopic (exact) mass is 257 g/mol. The number of aromatic nitrogens is 1. The summed E-state index contributed by atoms with van der Waals surface area (Å²) in [5, 5.41) is 0. The number of Topliss-reactive ketones (excluding diaryl/α,β-unsaturated/α-hetero) is 1. The number of rotatable bonds is 5. The number of nitrogens with zero attached hydrogens (tertiary/aromatic N) is 1. The van der Waals surface area contributed by atoms with Crippen LogP contribution in [0.2, 0.25) is 0 Å². The van der Waals surface area contributed by atoms with E-state index in [1.54, 1.807) is 18.7 Å². The summed E-state index contributed by atoms with van der Waals surface area (Å²) in [5.74, 6) is 1.11. The van der Waals surface area contributed by atoms with Gasteiger partial charge in [-0.15, -0.1) is 11.8 Å². The normalized spacial score (nSPS) is 10.3. The van der Waals surface area contributed by atoms with Gasteiger partial charge in [-0.05, 0) is 37.6 Å². The molecule has 0 fully saturated rings. The van der Waals surface area contributed by atoms with Gasteiger partial charge in [0, 0.05) is 28.1 Å². The molecule has 2 nitrogen and oxygen atoms in total. The Balaban J connectivity index is 1.85. The van der Waals surface area contributed by atoms with Gasteiger partial charge in [-0.25, -0.2) is 0 Å². The first-order valence-electron chi connectivity index (χ1n) is 5.89. The van der Waals surface area contributed by atoms with Gasteiger partial charge in [0.15, 0.2) is 5.78 Å². The summed E-state index contributed by atoms with van der Waals surface area (Å²) in [6.07, 6.45) is 2.78. The minimum Gasteiger partial charge on any atom is -0.295 e. The largest absolute Gasteiger partial charge is 0.295 e. The molecule has 0 aliphatic heterocycles. The average molecular weight is 257 g/mol. The zero-order chi connectivity index (χ0) is 12.8. The van der Waals surface area contributed by atoms with Crippen LogP contribution >= 0.6 is 11.8 Å². The molecular weight excluding hydrogens is 242 g/mol. The summed E-state index contributed by atoms with van der Waals surface area (Å²) in [6, 6.07) is 13.7. The number of ketones is 1. The second-order valence-electron chi connectivity index (χ2n) is 4.00. The van der Waals surface area contributed by atoms with Crippen LogP contribution in [0.1, 0.15) is 23.0 Å². The molecule has 0 saturated carbocycles. The van der Waals surface area contributed by atoms with Gasteiger partial charge in [0.2, 0.25) is 0 Å². The number of pyridine rings is 1. The maximum atomic E-state index is 11.1. The van der Waals surface area contributed by atoms with E-state index in [2.05, 4.69) is 4.98 Å². The minimum absolute atomic E-state index is 0.111. The molecule has 0 bridgehead atoms. The Hall–Kier alpha value is -1.61. The second-order valence-corrected chi connectivity index (χ2v) is 5.17. The van der Waals surface area contributed by atoms with Crippen molar-refractivity contribution in [2.45, 2.75) is 18.2 Å². The molecule has 92 valence electrons. The molecule has 0 unspecified atom stereocenters. The van der Waals surface area contributed by atoms with Crippen LogP contribution in [-0.4, -0.2) is 16.5 Å². The highest BCUT2D eigenvalue weighted by molar-refractivity contribution is 7.99. The lowest BCUT2D eigenvalue weighted by molar-refractivity contribution is 0.101.